The minimum atomic E-state index is -0.474. The number of anilines is 1. The Hall–Kier alpha value is -1.13. The molecule has 1 aromatic rings. The fraction of sp³-hybridized carbons (Fsp3) is 0.455. The fourth-order valence-electron chi connectivity index (χ4n) is 1.87. The van der Waals surface area contributed by atoms with Crippen LogP contribution in [0.1, 0.15) is 12.5 Å². The third kappa shape index (κ3) is 1.96. The number of morpholine rings is 1. The third-order valence-electron chi connectivity index (χ3n) is 2.74. The number of nitrogen functional groups attached to an aromatic ring is 1. The molecule has 3 nitrogen and oxygen atoms in total. The lowest BCUT2D eigenvalue weighted by Gasteiger charge is -2.35. The average Bonchev–Trinajstić information content (AvgIpc) is 2.23. The van der Waals surface area contributed by atoms with Gasteiger partial charge in [0.1, 0.15) is 5.82 Å². The van der Waals surface area contributed by atoms with E-state index in [2.05, 4.69) is 5.32 Å². The fourth-order valence-corrected chi connectivity index (χ4v) is 1.87. The molecule has 3 N–H and O–H groups in total. The van der Waals surface area contributed by atoms with E-state index in [1.165, 1.54) is 6.07 Å². The quantitative estimate of drug-likeness (QED) is 0.686. The molecule has 1 aromatic carbocycles. The second-order valence-corrected chi connectivity index (χ2v) is 4.05. The van der Waals surface area contributed by atoms with Gasteiger partial charge in [-0.1, -0.05) is 0 Å². The van der Waals surface area contributed by atoms with Gasteiger partial charge in [0.15, 0.2) is 0 Å². The summed E-state index contributed by atoms with van der Waals surface area (Å²) in [7, 11) is 0. The summed E-state index contributed by atoms with van der Waals surface area (Å²) in [5, 5.41) is 3.26. The van der Waals surface area contributed by atoms with Crippen molar-refractivity contribution in [2.75, 3.05) is 25.5 Å². The average molecular weight is 210 g/mol. The Morgan fingerprint density at radius 2 is 2.33 bits per heavy atom. The number of benzene rings is 1. The molecule has 0 aromatic heterocycles. The molecule has 0 spiro atoms. The Kier molecular flexibility index (Phi) is 2.63. The molecule has 1 atom stereocenters. The Labute approximate surface area is 88.4 Å². The summed E-state index contributed by atoms with van der Waals surface area (Å²) in [6.45, 7) is 3.78. The topological polar surface area (TPSA) is 47.3 Å². The van der Waals surface area contributed by atoms with Crippen molar-refractivity contribution in [3.63, 3.8) is 0 Å². The summed E-state index contributed by atoms with van der Waals surface area (Å²) in [6.07, 6.45) is 0. The van der Waals surface area contributed by atoms with Crippen LogP contribution < -0.4 is 11.1 Å². The number of nitrogens with one attached hydrogen (secondary N) is 1. The molecule has 0 amide bonds. The third-order valence-corrected chi connectivity index (χ3v) is 2.74. The second kappa shape index (κ2) is 3.79. The molecule has 0 unspecified atom stereocenters. The van der Waals surface area contributed by atoms with Crippen molar-refractivity contribution in [1.29, 1.82) is 0 Å². The van der Waals surface area contributed by atoms with Gasteiger partial charge in [0.05, 0.1) is 18.8 Å². The van der Waals surface area contributed by atoms with Gasteiger partial charge < -0.3 is 15.8 Å². The SMILES string of the molecule is C[C@@]1(c2cc(N)ccc2F)COCCN1. The largest absolute Gasteiger partial charge is 0.399 e. The van der Waals surface area contributed by atoms with Gasteiger partial charge in [-0.2, -0.15) is 0 Å². The summed E-state index contributed by atoms with van der Waals surface area (Å²) >= 11 is 0. The lowest BCUT2D eigenvalue weighted by atomic mass is 9.91. The molecule has 1 fully saturated rings. The molecule has 82 valence electrons. The molecular weight excluding hydrogens is 195 g/mol. The number of hydrogen-bond acceptors (Lipinski definition) is 3. The van der Waals surface area contributed by atoms with Gasteiger partial charge in [-0.3, -0.25) is 0 Å². The molecular formula is C11H15FN2O. The molecule has 15 heavy (non-hydrogen) atoms. The van der Waals surface area contributed by atoms with Crippen LogP contribution >= 0.6 is 0 Å². The summed E-state index contributed by atoms with van der Waals surface area (Å²) < 4.78 is 19.0. The van der Waals surface area contributed by atoms with E-state index >= 15 is 0 Å². The first kappa shape index (κ1) is 10.4. The lowest BCUT2D eigenvalue weighted by Crippen LogP contribution is -2.49. The van der Waals surface area contributed by atoms with Crippen molar-refractivity contribution in [2.45, 2.75) is 12.5 Å². The number of rotatable bonds is 1. The number of halogens is 1. The highest BCUT2D eigenvalue weighted by Crippen LogP contribution is 2.27. The van der Waals surface area contributed by atoms with Gasteiger partial charge in [-0.05, 0) is 25.1 Å². The molecule has 1 heterocycles. The van der Waals surface area contributed by atoms with Crippen LogP contribution in [0.5, 0.6) is 0 Å². The van der Waals surface area contributed by atoms with Gasteiger partial charge in [0, 0.05) is 17.8 Å². The lowest BCUT2D eigenvalue weighted by molar-refractivity contribution is 0.0324. The molecule has 0 bridgehead atoms. The minimum Gasteiger partial charge on any atom is -0.399 e. The van der Waals surface area contributed by atoms with Crippen LogP contribution in [0.4, 0.5) is 10.1 Å². The van der Waals surface area contributed by atoms with Crippen LogP contribution in [0.25, 0.3) is 0 Å². The molecule has 1 aliphatic rings. The highest BCUT2D eigenvalue weighted by molar-refractivity contribution is 5.44. The zero-order chi connectivity index (χ0) is 10.9. The van der Waals surface area contributed by atoms with E-state index in [1.54, 1.807) is 12.1 Å². The van der Waals surface area contributed by atoms with E-state index in [1.807, 2.05) is 6.92 Å². The first-order valence-corrected chi connectivity index (χ1v) is 5.00. The Bertz CT molecular complexity index is 362. The van der Waals surface area contributed by atoms with Crippen molar-refractivity contribution in [3.05, 3.63) is 29.6 Å². The predicted molar refractivity (Wildman–Crippen MR) is 57.0 cm³/mol. The second-order valence-electron chi connectivity index (χ2n) is 4.05. The van der Waals surface area contributed by atoms with Gasteiger partial charge in [0.2, 0.25) is 0 Å². The number of nitrogens with two attached hydrogens (primary N) is 1. The molecule has 2 rings (SSSR count). The summed E-state index contributed by atoms with van der Waals surface area (Å²) in [6, 6.07) is 4.62. The highest BCUT2D eigenvalue weighted by atomic mass is 19.1. The standard InChI is InChI=1S/C11H15FN2O/c1-11(7-15-5-4-14-11)9-6-8(13)2-3-10(9)12/h2-3,6,14H,4-5,7,13H2,1H3/t11-/m0/s1. The van der Waals surface area contributed by atoms with Crippen LogP contribution in [0.2, 0.25) is 0 Å². The molecule has 4 heteroatoms. The molecule has 1 saturated heterocycles. The van der Waals surface area contributed by atoms with Crippen molar-refractivity contribution < 1.29 is 9.13 Å². The number of hydrogen-bond donors (Lipinski definition) is 2. The van der Waals surface area contributed by atoms with E-state index in [-0.39, 0.29) is 5.82 Å². The molecule has 0 aliphatic carbocycles. The van der Waals surface area contributed by atoms with E-state index in [0.29, 0.717) is 24.5 Å². The van der Waals surface area contributed by atoms with Crippen molar-refractivity contribution in [1.82, 2.24) is 5.32 Å². The van der Waals surface area contributed by atoms with Gasteiger partial charge >= 0.3 is 0 Å². The summed E-state index contributed by atoms with van der Waals surface area (Å²) in [5.41, 5.74) is 6.32. The Balaban J connectivity index is 2.38. The zero-order valence-corrected chi connectivity index (χ0v) is 8.72. The summed E-state index contributed by atoms with van der Waals surface area (Å²) in [4.78, 5) is 0. The minimum absolute atomic E-state index is 0.246. The molecule has 1 aliphatic heterocycles. The van der Waals surface area contributed by atoms with E-state index in [0.717, 1.165) is 6.54 Å². The zero-order valence-electron chi connectivity index (χ0n) is 8.72. The summed E-state index contributed by atoms with van der Waals surface area (Å²) in [5.74, 6) is -0.246. The van der Waals surface area contributed by atoms with E-state index in [4.69, 9.17) is 10.5 Å². The Morgan fingerprint density at radius 1 is 1.53 bits per heavy atom. The maximum absolute atomic E-state index is 13.6. The van der Waals surface area contributed by atoms with Crippen molar-refractivity contribution in [2.24, 2.45) is 0 Å². The highest BCUT2D eigenvalue weighted by Gasteiger charge is 2.31. The number of ether oxygens (including phenoxy) is 1. The molecule has 0 radical (unpaired) electrons. The molecule has 0 saturated carbocycles. The van der Waals surface area contributed by atoms with Crippen LogP contribution in [-0.2, 0) is 10.3 Å². The van der Waals surface area contributed by atoms with E-state index < -0.39 is 5.54 Å². The predicted octanol–water partition coefficient (Wildman–Crippen LogP) is 1.24. The monoisotopic (exact) mass is 210 g/mol. The maximum Gasteiger partial charge on any atom is 0.128 e. The van der Waals surface area contributed by atoms with E-state index in [9.17, 15) is 4.39 Å². The van der Waals surface area contributed by atoms with Crippen LogP contribution in [0, 0.1) is 5.82 Å². The van der Waals surface area contributed by atoms with Crippen LogP contribution in [0.3, 0.4) is 0 Å². The van der Waals surface area contributed by atoms with Gasteiger partial charge in [-0.25, -0.2) is 4.39 Å². The first-order valence-electron chi connectivity index (χ1n) is 5.00. The van der Waals surface area contributed by atoms with Crippen molar-refractivity contribution >= 4 is 5.69 Å². The Morgan fingerprint density at radius 3 is 3.00 bits per heavy atom. The van der Waals surface area contributed by atoms with Gasteiger partial charge in [-0.15, -0.1) is 0 Å². The van der Waals surface area contributed by atoms with Crippen LogP contribution in [0.15, 0.2) is 18.2 Å². The van der Waals surface area contributed by atoms with Gasteiger partial charge in [0.25, 0.3) is 0 Å². The van der Waals surface area contributed by atoms with Crippen molar-refractivity contribution in [3.8, 4) is 0 Å². The smallest absolute Gasteiger partial charge is 0.128 e. The normalized spacial score (nSPS) is 26.5. The maximum atomic E-state index is 13.6. The van der Waals surface area contributed by atoms with Crippen LogP contribution in [-0.4, -0.2) is 19.8 Å². The first-order chi connectivity index (χ1) is 7.12.